The standard InChI is InChI=1S/C13H20N8O3S/c1-25(22,23)20-6-9(7-20)21-8-15-10-11(18-14)16-13(17-12(10)21)19-2-4-24-5-3-19/h8-9H,2-7,14H2,1H3,(H,16,17,18). The molecule has 0 aliphatic carbocycles. The van der Waals surface area contributed by atoms with Crippen molar-refractivity contribution in [2.75, 3.05) is 56.0 Å². The van der Waals surface area contributed by atoms with Gasteiger partial charge in [0, 0.05) is 26.2 Å². The zero-order chi connectivity index (χ0) is 17.6. The molecule has 2 aromatic rings. The van der Waals surface area contributed by atoms with Gasteiger partial charge in [0.05, 0.1) is 31.8 Å². The van der Waals surface area contributed by atoms with Crippen LogP contribution in [-0.2, 0) is 14.8 Å². The number of nitrogens with zero attached hydrogens (tertiary/aromatic N) is 6. The minimum Gasteiger partial charge on any atom is -0.378 e. The van der Waals surface area contributed by atoms with Gasteiger partial charge in [-0.1, -0.05) is 0 Å². The zero-order valence-electron chi connectivity index (χ0n) is 13.8. The highest BCUT2D eigenvalue weighted by molar-refractivity contribution is 7.88. The first-order chi connectivity index (χ1) is 12.0. The maximum atomic E-state index is 11.6. The van der Waals surface area contributed by atoms with Gasteiger partial charge >= 0.3 is 0 Å². The Balaban J connectivity index is 1.69. The van der Waals surface area contributed by atoms with Crippen LogP contribution >= 0.6 is 0 Å². The van der Waals surface area contributed by atoms with E-state index in [1.807, 2.05) is 9.47 Å². The third-order valence-electron chi connectivity index (χ3n) is 4.53. The second-order valence-electron chi connectivity index (χ2n) is 6.17. The summed E-state index contributed by atoms with van der Waals surface area (Å²) in [5.74, 6) is 6.61. The van der Waals surface area contributed by atoms with E-state index in [-0.39, 0.29) is 6.04 Å². The molecule has 4 heterocycles. The molecule has 12 heteroatoms. The monoisotopic (exact) mass is 368 g/mol. The van der Waals surface area contributed by atoms with Gasteiger partial charge in [-0.2, -0.15) is 14.3 Å². The van der Waals surface area contributed by atoms with Crippen LogP contribution in [0.4, 0.5) is 11.8 Å². The first-order valence-electron chi connectivity index (χ1n) is 7.96. The van der Waals surface area contributed by atoms with Crippen molar-refractivity contribution in [2.24, 2.45) is 5.84 Å². The van der Waals surface area contributed by atoms with Crippen molar-refractivity contribution in [3.63, 3.8) is 0 Å². The maximum Gasteiger partial charge on any atom is 0.229 e. The molecule has 2 aliphatic heterocycles. The maximum absolute atomic E-state index is 11.6. The van der Waals surface area contributed by atoms with Crippen LogP contribution in [0.3, 0.4) is 0 Å². The molecular weight excluding hydrogens is 348 g/mol. The Morgan fingerprint density at radius 1 is 1.28 bits per heavy atom. The molecule has 0 unspecified atom stereocenters. The number of nitrogens with two attached hydrogens (primary N) is 1. The van der Waals surface area contributed by atoms with Crippen LogP contribution < -0.4 is 16.2 Å². The average Bonchev–Trinajstić information content (AvgIpc) is 2.96. The fraction of sp³-hybridized carbons (Fsp3) is 0.615. The molecule has 0 atom stereocenters. The Kier molecular flexibility index (Phi) is 3.98. The van der Waals surface area contributed by atoms with E-state index in [0.29, 0.717) is 62.3 Å². The van der Waals surface area contributed by atoms with Crippen molar-refractivity contribution < 1.29 is 13.2 Å². The normalized spacial score (nSPS) is 20.0. The van der Waals surface area contributed by atoms with E-state index in [4.69, 9.17) is 10.6 Å². The Labute approximate surface area is 144 Å². The zero-order valence-corrected chi connectivity index (χ0v) is 14.6. The lowest BCUT2D eigenvalue weighted by molar-refractivity contribution is 0.122. The lowest BCUT2D eigenvalue weighted by Gasteiger charge is -2.37. The summed E-state index contributed by atoms with van der Waals surface area (Å²) in [5, 5.41) is 0. The number of sulfonamides is 1. The van der Waals surface area contributed by atoms with Crippen LogP contribution in [-0.4, -0.2) is 77.9 Å². The third-order valence-corrected chi connectivity index (χ3v) is 5.77. The fourth-order valence-electron chi connectivity index (χ4n) is 3.04. The number of hydrazine groups is 1. The molecule has 0 radical (unpaired) electrons. The van der Waals surface area contributed by atoms with Crippen LogP contribution in [0.5, 0.6) is 0 Å². The number of ether oxygens (including phenoxy) is 1. The highest BCUT2D eigenvalue weighted by Crippen LogP contribution is 2.29. The molecule has 4 rings (SSSR count). The average molecular weight is 368 g/mol. The summed E-state index contributed by atoms with van der Waals surface area (Å²) >= 11 is 0. The number of hydrogen-bond donors (Lipinski definition) is 2. The molecule has 0 aromatic carbocycles. The molecule has 0 bridgehead atoms. The minimum absolute atomic E-state index is 0.00205. The van der Waals surface area contributed by atoms with Gasteiger partial charge in [-0.3, -0.25) is 0 Å². The lowest BCUT2D eigenvalue weighted by Crippen LogP contribution is -2.50. The van der Waals surface area contributed by atoms with Gasteiger partial charge < -0.3 is 19.6 Å². The van der Waals surface area contributed by atoms with Crippen molar-refractivity contribution in [3.8, 4) is 0 Å². The third kappa shape index (κ3) is 2.90. The van der Waals surface area contributed by atoms with E-state index in [2.05, 4.69) is 20.4 Å². The SMILES string of the molecule is CS(=O)(=O)N1CC(n2cnc3c(NN)nc(N4CCOCC4)nc32)C1. The summed E-state index contributed by atoms with van der Waals surface area (Å²) in [7, 11) is -3.17. The highest BCUT2D eigenvalue weighted by Gasteiger charge is 2.35. The summed E-state index contributed by atoms with van der Waals surface area (Å²) in [4.78, 5) is 15.5. The Morgan fingerprint density at radius 2 is 2.00 bits per heavy atom. The van der Waals surface area contributed by atoms with Crippen molar-refractivity contribution in [1.29, 1.82) is 0 Å². The molecule has 2 fully saturated rings. The Hall–Kier alpha value is -2.02. The largest absolute Gasteiger partial charge is 0.378 e. The first kappa shape index (κ1) is 16.4. The number of rotatable bonds is 4. The molecule has 0 spiro atoms. The van der Waals surface area contributed by atoms with E-state index in [1.165, 1.54) is 10.6 Å². The van der Waals surface area contributed by atoms with Gasteiger partial charge in [0.15, 0.2) is 17.0 Å². The lowest BCUT2D eigenvalue weighted by atomic mass is 10.2. The van der Waals surface area contributed by atoms with Crippen LogP contribution in [0.1, 0.15) is 6.04 Å². The fourth-order valence-corrected chi connectivity index (χ4v) is 3.93. The molecular formula is C13H20N8O3S. The number of anilines is 2. The van der Waals surface area contributed by atoms with Gasteiger partial charge in [-0.05, 0) is 0 Å². The van der Waals surface area contributed by atoms with Crippen LogP contribution in [0, 0.1) is 0 Å². The van der Waals surface area contributed by atoms with Crippen molar-refractivity contribution in [3.05, 3.63) is 6.33 Å². The summed E-state index contributed by atoms with van der Waals surface area (Å²) < 4.78 is 31.9. The number of nitrogens with one attached hydrogen (secondary N) is 1. The smallest absolute Gasteiger partial charge is 0.229 e. The van der Waals surface area contributed by atoms with Gasteiger partial charge in [-0.25, -0.2) is 19.2 Å². The molecule has 25 heavy (non-hydrogen) atoms. The minimum atomic E-state index is -3.17. The summed E-state index contributed by atoms with van der Waals surface area (Å²) in [6, 6.07) is -0.00205. The molecule has 0 amide bonds. The van der Waals surface area contributed by atoms with Gasteiger partial charge in [0.1, 0.15) is 0 Å². The van der Waals surface area contributed by atoms with E-state index >= 15 is 0 Å². The van der Waals surface area contributed by atoms with Gasteiger partial charge in [0.2, 0.25) is 16.0 Å². The Bertz CT molecular complexity index is 886. The number of morpholine rings is 1. The second-order valence-corrected chi connectivity index (χ2v) is 8.16. The predicted molar refractivity (Wildman–Crippen MR) is 91.6 cm³/mol. The molecule has 0 saturated carbocycles. The second kappa shape index (κ2) is 6.05. The van der Waals surface area contributed by atoms with Crippen molar-refractivity contribution >= 4 is 33.0 Å². The number of imidazole rings is 1. The van der Waals surface area contributed by atoms with Crippen molar-refractivity contribution in [2.45, 2.75) is 6.04 Å². The topological polar surface area (TPSA) is 132 Å². The molecule has 11 nitrogen and oxygen atoms in total. The molecule has 2 aliphatic rings. The highest BCUT2D eigenvalue weighted by atomic mass is 32.2. The van der Waals surface area contributed by atoms with E-state index < -0.39 is 10.0 Å². The molecule has 2 aromatic heterocycles. The van der Waals surface area contributed by atoms with Crippen LogP contribution in [0.25, 0.3) is 11.2 Å². The van der Waals surface area contributed by atoms with Gasteiger partial charge in [0.25, 0.3) is 0 Å². The van der Waals surface area contributed by atoms with E-state index in [0.717, 1.165) is 0 Å². The first-order valence-corrected chi connectivity index (χ1v) is 9.81. The molecule has 136 valence electrons. The predicted octanol–water partition coefficient (Wildman–Crippen LogP) is -1.24. The number of aromatic nitrogens is 4. The number of nitrogen functional groups attached to an aromatic ring is 1. The Morgan fingerprint density at radius 3 is 2.64 bits per heavy atom. The molecule has 3 N–H and O–H groups in total. The van der Waals surface area contributed by atoms with Gasteiger partial charge in [-0.15, -0.1) is 0 Å². The summed E-state index contributed by atoms with van der Waals surface area (Å²) in [6.45, 7) is 3.47. The van der Waals surface area contributed by atoms with Crippen molar-refractivity contribution in [1.82, 2.24) is 23.8 Å². The number of fused-ring (bicyclic) bond motifs is 1. The summed E-state index contributed by atoms with van der Waals surface area (Å²) in [5.41, 5.74) is 3.79. The van der Waals surface area contributed by atoms with Crippen LogP contribution in [0.2, 0.25) is 0 Å². The number of hydrogen-bond acceptors (Lipinski definition) is 9. The summed E-state index contributed by atoms with van der Waals surface area (Å²) in [6.07, 6.45) is 2.87. The van der Waals surface area contributed by atoms with E-state index in [9.17, 15) is 8.42 Å². The van der Waals surface area contributed by atoms with E-state index in [1.54, 1.807) is 6.33 Å². The van der Waals surface area contributed by atoms with Crippen LogP contribution in [0.15, 0.2) is 6.33 Å². The quantitative estimate of drug-likeness (QED) is 0.502. The molecule has 2 saturated heterocycles.